The van der Waals surface area contributed by atoms with Gasteiger partial charge in [0.2, 0.25) is 5.91 Å². The van der Waals surface area contributed by atoms with Crippen molar-refractivity contribution < 1.29 is 18.3 Å². The molecule has 0 unspecified atom stereocenters. The number of rotatable bonds is 5. The Hall–Kier alpha value is -3.39. The maximum absolute atomic E-state index is 14.1. The highest BCUT2D eigenvalue weighted by Crippen LogP contribution is 2.26. The number of nitrogens with zero attached hydrogens (tertiary/aromatic N) is 3. The molecule has 0 saturated carbocycles. The van der Waals surface area contributed by atoms with Crippen LogP contribution in [0.15, 0.2) is 42.5 Å². The van der Waals surface area contributed by atoms with Gasteiger partial charge in [-0.05, 0) is 35.9 Å². The Bertz CT molecular complexity index is 1120. The number of methoxy groups -OCH3 is 1. The van der Waals surface area contributed by atoms with Crippen LogP contribution in [0.1, 0.15) is 22.6 Å². The lowest BCUT2D eigenvalue weighted by Crippen LogP contribution is -2.27. The zero-order valence-electron chi connectivity index (χ0n) is 16.4. The van der Waals surface area contributed by atoms with Crippen LogP contribution in [0.2, 0.25) is 0 Å². The molecule has 6 nitrogen and oxygen atoms in total. The van der Waals surface area contributed by atoms with Gasteiger partial charge in [-0.25, -0.2) is 8.78 Å². The van der Waals surface area contributed by atoms with Gasteiger partial charge in [-0.1, -0.05) is 6.07 Å². The predicted molar refractivity (Wildman–Crippen MR) is 107 cm³/mol. The highest BCUT2D eigenvalue weighted by Gasteiger charge is 2.25. The van der Waals surface area contributed by atoms with Gasteiger partial charge in [0.15, 0.2) is 0 Å². The third-order valence-corrected chi connectivity index (χ3v) is 5.01. The normalized spacial score (nSPS) is 12.8. The summed E-state index contributed by atoms with van der Waals surface area (Å²) in [6, 6.07) is 10.2. The third-order valence-electron chi connectivity index (χ3n) is 5.01. The average molecular weight is 410 g/mol. The number of aromatic nitrogens is 2. The van der Waals surface area contributed by atoms with Crippen molar-refractivity contribution in [3.05, 3.63) is 76.7 Å². The predicted octanol–water partition coefficient (Wildman–Crippen LogP) is 3.24. The van der Waals surface area contributed by atoms with E-state index in [1.54, 1.807) is 24.1 Å². The third kappa shape index (κ3) is 3.99. The summed E-state index contributed by atoms with van der Waals surface area (Å²) < 4.78 is 32.4. The van der Waals surface area contributed by atoms with Crippen LogP contribution >= 0.6 is 0 Å². The second-order valence-corrected chi connectivity index (χ2v) is 7.12. The second-order valence-electron chi connectivity index (χ2n) is 7.12. The largest absolute Gasteiger partial charge is 0.397 e. The molecule has 3 heterocycles. The SMILES string of the molecule is COCc1ccc2c(n1)CN(C(=O)Cc1nc(-c3ccc(F)cc3F)ccc1N)C2. The highest BCUT2D eigenvalue weighted by atomic mass is 19.1. The zero-order chi connectivity index (χ0) is 21.3. The van der Waals surface area contributed by atoms with Gasteiger partial charge in [0, 0.05) is 25.3 Å². The Morgan fingerprint density at radius 2 is 1.97 bits per heavy atom. The molecule has 0 bridgehead atoms. The zero-order valence-corrected chi connectivity index (χ0v) is 16.4. The van der Waals surface area contributed by atoms with E-state index in [9.17, 15) is 13.6 Å². The maximum atomic E-state index is 14.1. The van der Waals surface area contributed by atoms with E-state index in [0.717, 1.165) is 29.1 Å². The number of amides is 1. The van der Waals surface area contributed by atoms with Crippen LogP contribution in [0.3, 0.4) is 0 Å². The Labute approximate surface area is 172 Å². The first-order chi connectivity index (χ1) is 14.4. The molecule has 0 radical (unpaired) electrons. The molecule has 30 heavy (non-hydrogen) atoms. The van der Waals surface area contributed by atoms with Crippen LogP contribution in [-0.4, -0.2) is 27.9 Å². The van der Waals surface area contributed by atoms with Crippen molar-refractivity contribution in [2.45, 2.75) is 26.1 Å². The number of ether oxygens (including phenoxy) is 1. The van der Waals surface area contributed by atoms with Crippen molar-refractivity contribution in [1.29, 1.82) is 0 Å². The molecule has 1 aliphatic heterocycles. The number of fused-ring (bicyclic) bond motifs is 1. The number of hydrogen-bond donors (Lipinski definition) is 1. The Morgan fingerprint density at radius 3 is 2.73 bits per heavy atom. The second kappa shape index (κ2) is 8.16. The smallest absolute Gasteiger partial charge is 0.229 e. The van der Waals surface area contributed by atoms with Gasteiger partial charge in [-0.2, -0.15) is 0 Å². The summed E-state index contributed by atoms with van der Waals surface area (Å²) in [5, 5.41) is 0. The first kappa shape index (κ1) is 19.9. The molecular formula is C22H20F2N4O2. The fourth-order valence-corrected chi connectivity index (χ4v) is 3.46. The van der Waals surface area contributed by atoms with Crippen molar-refractivity contribution in [1.82, 2.24) is 14.9 Å². The van der Waals surface area contributed by atoms with E-state index in [-0.39, 0.29) is 17.9 Å². The molecule has 4 rings (SSSR count). The Balaban J connectivity index is 1.52. The minimum absolute atomic E-state index is 0.0264. The van der Waals surface area contributed by atoms with E-state index in [0.29, 0.717) is 36.8 Å². The summed E-state index contributed by atoms with van der Waals surface area (Å²) in [4.78, 5) is 23.4. The molecule has 2 N–H and O–H groups in total. The number of hydrogen-bond acceptors (Lipinski definition) is 5. The summed E-state index contributed by atoms with van der Waals surface area (Å²) in [7, 11) is 1.61. The molecule has 1 aromatic carbocycles. The van der Waals surface area contributed by atoms with E-state index in [1.165, 1.54) is 6.07 Å². The number of anilines is 1. The summed E-state index contributed by atoms with van der Waals surface area (Å²) >= 11 is 0. The van der Waals surface area contributed by atoms with Crippen LogP contribution in [0.4, 0.5) is 14.5 Å². The highest BCUT2D eigenvalue weighted by molar-refractivity contribution is 5.80. The topological polar surface area (TPSA) is 81.3 Å². The molecule has 0 spiro atoms. The molecule has 0 saturated heterocycles. The fourth-order valence-electron chi connectivity index (χ4n) is 3.46. The van der Waals surface area contributed by atoms with Crippen LogP contribution in [0.5, 0.6) is 0 Å². The standard InChI is InChI=1S/C22H20F2N4O2/c1-30-12-15-4-2-13-10-28(11-21(13)26-15)22(29)9-20-18(25)6-7-19(27-20)16-5-3-14(23)8-17(16)24/h2-8H,9-12,25H2,1H3. The molecule has 154 valence electrons. The van der Waals surface area contributed by atoms with Crippen molar-refractivity contribution >= 4 is 11.6 Å². The van der Waals surface area contributed by atoms with Crippen LogP contribution in [0.25, 0.3) is 11.3 Å². The lowest BCUT2D eigenvalue weighted by Gasteiger charge is -2.16. The van der Waals surface area contributed by atoms with Crippen molar-refractivity contribution in [3.63, 3.8) is 0 Å². The molecule has 1 aliphatic rings. The molecule has 3 aromatic rings. The quantitative estimate of drug-likeness (QED) is 0.698. The molecule has 2 aromatic heterocycles. The van der Waals surface area contributed by atoms with E-state index in [1.807, 2.05) is 12.1 Å². The maximum Gasteiger partial charge on any atom is 0.229 e. The lowest BCUT2D eigenvalue weighted by atomic mass is 10.1. The van der Waals surface area contributed by atoms with Crippen molar-refractivity contribution in [2.75, 3.05) is 12.8 Å². The first-order valence-electron chi connectivity index (χ1n) is 9.40. The number of carbonyl (C=O) groups excluding carboxylic acids is 1. The minimum atomic E-state index is -0.725. The summed E-state index contributed by atoms with van der Waals surface area (Å²) in [6.45, 7) is 1.27. The van der Waals surface area contributed by atoms with Crippen LogP contribution in [0, 0.1) is 11.6 Å². The van der Waals surface area contributed by atoms with Gasteiger partial charge < -0.3 is 15.4 Å². The number of carbonyl (C=O) groups is 1. The fraction of sp³-hybridized carbons (Fsp3) is 0.227. The Morgan fingerprint density at radius 1 is 1.13 bits per heavy atom. The molecular weight excluding hydrogens is 390 g/mol. The van der Waals surface area contributed by atoms with Gasteiger partial charge in [0.1, 0.15) is 11.6 Å². The number of nitrogen functional groups attached to an aromatic ring is 1. The van der Waals surface area contributed by atoms with Crippen LogP contribution in [-0.2, 0) is 35.6 Å². The number of halogens is 2. The van der Waals surface area contributed by atoms with Crippen LogP contribution < -0.4 is 5.73 Å². The number of benzene rings is 1. The van der Waals surface area contributed by atoms with E-state index >= 15 is 0 Å². The molecule has 1 amide bonds. The molecule has 0 atom stereocenters. The van der Waals surface area contributed by atoms with Crippen molar-refractivity contribution in [3.8, 4) is 11.3 Å². The number of nitrogens with two attached hydrogens (primary N) is 1. The van der Waals surface area contributed by atoms with E-state index in [2.05, 4.69) is 9.97 Å². The van der Waals surface area contributed by atoms with Gasteiger partial charge in [-0.15, -0.1) is 0 Å². The average Bonchev–Trinajstić information content (AvgIpc) is 3.14. The van der Waals surface area contributed by atoms with E-state index < -0.39 is 11.6 Å². The Kier molecular flexibility index (Phi) is 5.41. The lowest BCUT2D eigenvalue weighted by molar-refractivity contribution is -0.131. The van der Waals surface area contributed by atoms with Gasteiger partial charge in [-0.3, -0.25) is 14.8 Å². The first-order valence-corrected chi connectivity index (χ1v) is 9.40. The summed E-state index contributed by atoms with van der Waals surface area (Å²) in [5.74, 6) is -1.55. The molecule has 0 aliphatic carbocycles. The summed E-state index contributed by atoms with van der Waals surface area (Å²) in [5.41, 5.74) is 9.78. The minimum Gasteiger partial charge on any atom is -0.397 e. The molecule has 8 heteroatoms. The number of pyridine rings is 2. The van der Waals surface area contributed by atoms with Crippen molar-refractivity contribution in [2.24, 2.45) is 0 Å². The van der Waals surface area contributed by atoms with Gasteiger partial charge in [0.05, 0.1) is 48.0 Å². The van der Waals surface area contributed by atoms with Gasteiger partial charge in [0.25, 0.3) is 0 Å². The van der Waals surface area contributed by atoms with Gasteiger partial charge >= 0.3 is 0 Å². The molecule has 0 fully saturated rings. The van der Waals surface area contributed by atoms with E-state index in [4.69, 9.17) is 10.5 Å². The summed E-state index contributed by atoms with van der Waals surface area (Å²) in [6.07, 6.45) is -0.0264. The monoisotopic (exact) mass is 410 g/mol.